The lowest BCUT2D eigenvalue weighted by atomic mass is 9.99. The van der Waals surface area contributed by atoms with E-state index < -0.39 is 0 Å². The maximum Gasteiger partial charge on any atom is 0.126 e. The van der Waals surface area contributed by atoms with E-state index in [2.05, 4.69) is 45.8 Å². The van der Waals surface area contributed by atoms with Crippen LogP contribution < -0.4 is 9.47 Å². The van der Waals surface area contributed by atoms with Gasteiger partial charge in [0.2, 0.25) is 0 Å². The van der Waals surface area contributed by atoms with Gasteiger partial charge in [-0.05, 0) is 52.2 Å². The van der Waals surface area contributed by atoms with E-state index in [1.165, 1.54) is 11.1 Å². The summed E-state index contributed by atoms with van der Waals surface area (Å²) in [6, 6.07) is 6.13. The van der Waals surface area contributed by atoms with Crippen LogP contribution in [0.4, 0.5) is 0 Å². The SMILES string of the molecule is C#CCOC(C)(C)CCC/C(C)=C/COc1ccc2c(c1)OCC2C. The molecular formula is C22H30O3. The summed E-state index contributed by atoms with van der Waals surface area (Å²) in [6.07, 6.45) is 10.5. The molecule has 136 valence electrons. The molecule has 3 nitrogen and oxygen atoms in total. The van der Waals surface area contributed by atoms with Crippen LogP contribution in [-0.4, -0.2) is 25.4 Å². The fourth-order valence-corrected chi connectivity index (χ4v) is 2.93. The maximum atomic E-state index is 5.83. The van der Waals surface area contributed by atoms with Gasteiger partial charge in [0.05, 0.1) is 12.2 Å². The Morgan fingerprint density at radius 3 is 3.00 bits per heavy atom. The predicted octanol–water partition coefficient (Wildman–Crippen LogP) is 5.11. The van der Waals surface area contributed by atoms with Crippen LogP contribution in [0.25, 0.3) is 0 Å². The summed E-state index contributed by atoms with van der Waals surface area (Å²) >= 11 is 0. The summed E-state index contributed by atoms with van der Waals surface area (Å²) in [5.41, 5.74) is 2.44. The fourth-order valence-electron chi connectivity index (χ4n) is 2.93. The third-order valence-electron chi connectivity index (χ3n) is 4.58. The summed E-state index contributed by atoms with van der Waals surface area (Å²) in [4.78, 5) is 0. The van der Waals surface area contributed by atoms with Gasteiger partial charge in [-0.25, -0.2) is 0 Å². The van der Waals surface area contributed by atoms with Gasteiger partial charge in [-0.3, -0.25) is 0 Å². The molecule has 2 rings (SSSR count). The molecule has 0 N–H and O–H groups in total. The first-order valence-corrected chi connectivity index (χ1v) is 9.04. The van der Waals surface area contributed by atoms with Gasteiger partial charge in [-0.1, -0.05) is 24.5 Å². The van der Waals surface area contributed by atoms with Crippen LogP contribution in [0.1, 0.15) is 58.4 Å². The molecule has 0 fully saturated rings. The van der Waals surface area contributed by atoms with Crippen molar-refractivity contribution in [3.8, 4) is 23.8 Å². The third kappa shape index (κ3) is 6.14. The zero-order valence-corrected chi connectivity index (χ0v) is 15.9. The zero-order chi connectivity index (χ0) is 18.3. The minimum absolute atomic E-state index is 0.162. The highest BCUT2D eigenvalue weighted by Gasteiger charge is 2.20. The molecule has 1 aliphatic heterocycles. The van der Waals surface area contributed by atoms with Gasteiger partial charge >= 0.3 is 0 Å². The first-order valence-electron chi connectivity index (χ1n) is 9.04. The molecule has 0 saturated heterocycles. The van der Waals surface area contributed by atoms with Gasteiger partial charge < -0.3 is 14.2 Å². The minimum Gasteiger partial charge on any atom is -0.493 e. The Morgan fingerprint density at radius 2 is 2.24 bits per heavy atom. The van der Waals surface area contributed by atoms with Crippen molar-refractivity contribution in [2.75, 3.05) is 19.8 Å². The topological polar surface area (TPSA) is 27.7 Å². The monoisotopic (exact) mass is 342 g/mol. The number of ether oxygens (including phenoxy) is 3. The van der Waals surface area contributed by atoms with Crippen LogP contribution in [0.15, 0.2) is 29.8 Å². The smallest absolute Gasteiger partial charge is 0.126 e. The van der Waals surface area contributed by atoms with Crippen molar-refractivity contribution in [2.24, 2.45) is 0 Å². The molecule has 1 unspecified atom stereocenters. The first kappa shape index (κ1) is 19.4. The molecule has 1 atom stereocenters. The molecule has 0 spiro atoms. The van der Waals surface area contributed by atoms with Crippen molar-refractivity contribution in [1.29, 1.82) is 0 Å². The Bertz CT molecular complexity index is 637. The highest BCUT2D eigenvalue weighted by atomic mass is 16.5. The van der Waals surface area contributed by atoms with E-state index in [1.54, 1.807) is 0 Å². The molecule has 1 aromatic rings. The van der Waals surface area contributed by atoms with E-state index in [4.69, 9.17) is 20.6 Å². The molecule has 0 aliphatic carbocycles. The minimum atomic E-state index is -0.162. The maximum absolute atomic E-state index is 5.83. The molecular weight excluding hydrogens is 312 g/mol. The van der Waals surface area contributed by atoms with E-state index in [0.29, 0.717) is 19.1 Å². The fraction of sp³-hybridized carbons (Fsp3) is 0.545. The average molecular weight is 342 g/mol. The molecule has 3 heteroatoms. The Balaban J connectivity index is 1.72. The lowest BCUT2D eigenvalue weighted by Crippen LogP contribution is -2.24. The largest absolute Gasteiger partial charge is 0.493 e. The highest BCUT2D eigenvalue weighted by molar-refractivity contribution is 5.45. The highest BCUT2D eigenvalue weighted by Crippen LogP contribution is 2.36. The molecule has 0 radical (unpaired) electrons. The van der Waals surface area contributed by atoms with Crippen molar-refractivity contribution >= 4 is 0 Å². The van der Waals surface area contributed by atoms with Gasteiger partial charge in [0.15, 0.2) is 0 Å². The van der Waals surface area contributed by atoms with Crippen molar-refractivity contribution < 1.29 is 14.2 Å². The van der Waals surface area contributed by atoms with E-state index >= 15 is 0 Å². The number of benzene rings is 1. The summed E-state index contributed by atoms with van der Waals surface area (Å²) in [5, 5.41) is 0. The number of terminal acetylenes is 1. The van der Waals surface area contributed by atoms with Crippen LogP contribution in [0.2, 0.25) is 0 Å². The number of rotatable bonds is 9. The van der Waals surface area contributed by atoms with E-state index in [0.717, 1.165) is 37.4 Å². The van der Waals surface area contributed by atoms with Gasteiger partial charge in [-0.2, -0.15) is 0 Å². The normalized spacial score (nSPS) is 16.9. The lowest BCUT2D eigenvalue weighted by Gasteiger charge is -2.24. The second kappa shape index (κ2) is 8.97. The molecule has 1 aliphatic rings. The molecule has 0 amide bonds. The number of fused-ring (bicyclic) bond motifs is 1. The van der Waals surface area contributed by atoms with Crippen molar-refractivity contribution in [3.63, 3.8) is 0 Å². The summed E-state index contributed by atoms with van der Waals surface area (Å²) < 4.78 is 17.2. The molecule has 1 heterocycles. The summed E-state index contributed by atoms with van der Waals surface area (Å²) in [6.45, 7) is 10.2. The Kier molecular flexibility index (Phi) is 6.96. The molecule has 1 aromatic carbocycles. The van der Waals surface area contributed by atoms with Crippen molar-refractivity contribution in [3.05, 3.63) is 35.4 Å². The van der Waals surface area contributed by atoms with Crippen molar-refractivity contribution in [2.45, 2.75) is 58.5 Å². The predicted molar refractivity (Wildman–Crippen MR) is 102 cm³/mol. The average Bonchev–Trinajstić information content (AvgIpc) is 2.93. The molecule has 0 aromatic heterocycles. The van der Waals surface area contributed by atoms with Crippen molar-refractivity contribution in [1.82, 2.24) is 0 Å². The second-order valence-electron chi connectivity index (χ2n) is 7.38. The Morgan fingerprint density at radius 1 is 1.44 bits per heavy atom. The lowest BCUT2D eigenvalue weighted by molar-refractivity contribution is -0.00564. The van der Waals surface area contributed by atoms with E-state index in [9.17, 15) is 0 Å². The molecule has 0 saturated carbocycles. The number of hydrogen-bond donors (Lipinski definition) is 0. The van der Waals surface area contributed by atoms with Crippen LogP contribution in [0.5, 0.6) is 11.5 Å². The van der Waals surface area contributed by atoms with Crippen LogP contribution >= 0.6 is 0 Å². The van der Waals surface area contributed by atoms with Gasteiger partial charge in [-0.15, -0.1) is 6.42 Å². The number of allylic oxidation sites excluding steroid dienone is 1. The summed E-state index contributed by atoms with van der Waals surface area (Å²) in [7, 11) is 0. The third-order valence-corrected chi connectivity index (χ3v) is 4.58. The quantitative estimate of drug-likeness (QED) is 0.461. The zero-order valence-electron chi connectivity index (χ0n) is 15.9. The number of hydrogen-bond acceptors (Lipinski definition) is 3. The van der Waals surface area contributed by atoms with Crippen LogP contribution in [-0.2, 0) is 4.74 Å². The van der Waals surface area contributed by atoms with Crippen LogP contribution in [0.3, 0.4) is 0 Å². The Hall–Kier alpha value is -1.92. The van der Waals surface area contributed by atoms with Gasteiger partial charge in [0.1, 0.15) is 24.7 Å². The van der Waals surface area contributed by atoms with Gasteiger partial charge in [0, 0.05) is 17.5 Å². The van der Waals surface area contributed by atoms with Gasteiger partial charge in [0.25, 0.3) is 0 Å². The second-order valence-corrected chi connectivity index (χ2v) is 7.38. The van der Waals surface area contributed by atoms with E-state index in [1.807, 2.05) is 12.1 Å². The standard InChI is InChI=1S/C22H30O3/c1-6-13-25-22(4,5)12-7-8-17(2)11-14-23-19-9-10-20-18(3)16-24-21(20)15-19/h1,9-11,15,18H,7-8,12-14,16H2,2-5H3/b17-11+. The first-order chi connectivity index (χ1) is 11.9. The molecule has 0 bridgehead atoms. The summed E-state index contributed by atoms with van der Waals surface area (Å²) in [5.74, 6) is 4.82. The Labute approximate surface area is 152 Å². The molecule has 25 heavy (non-hydrogen) atoms. The van der Waals surface area contributed by atoms with Crippen LogP contribution in [0, 0.1) is 12.3 Å². The van der Waals surface area contributed by atoms with E-state index in [-0.39, 0.29) is 5.60 Å².